The van der Waals surface area contributed by atoms with E-state index in [2.05, 4.69) is 92.2 Å². The van der Waals surface area contributed by atoms with Crippen LogP contribution in [-0.4, -0.2) is 37.3 Å². The molecule has 35 heavy (non-hydrogen) atoms. The van der Waals surface area contributed by atoms with Crippen LogP contribution in [0.1, 0.15) is 38.2 Å². The second-order valence-electron chi connectivity index (χ2n) is 9.78. The summed E-state index contributed by atoms with van der Waals surface area (Å²) in [6, 6.07) is 26.8. The molecule has 0 aliphatic carbocycles. The molecular weight excluding hydrogens is 520 g/mol. The molecule has 0 radical (unpaired) electrons. The van der Waals surface area contributed by atoms with Gasteiger partial charge >= 0.3 is 5.97 Å². The zero-order valence-corrected chi connectivity index (χ0v) is 23.4. The van der Waals surface area contributed by atoms with Crippen LogP contribution in [0.25, 0.3) is 10.9 Å². The number of methoxy groups -OCH3 is 1. The molecule has 0 unspecified atom stereocenters. The molecule has 4 aromatic rings. The summed E-state index contributed by atoms with van der Waals surface area (Å²) in [6.45, 7) is 9.24. The Kier molecular flexibility index (Phi) is 7.31. The van der Waals surface area contributed by atoms with Gasteiger partial charge in [0, 0.05) is 9.86 Å². The molecule has 1 atom stereocenters. The van der Waals surface area contributed by atoms with Gasteiger partial charge in [-0.2, -0.15) is 5.10 Å². The number of esters is 1. The molecule has 4 rings (SSSR count). The first-order valence-corrected chi connectivity index (χ1v) is 14.4. The smallest absolute Gasteiger partial charge is 0.356 e. The average Bonchev–Trinajstić information content (AvgIpc) is 3.19. The van der Waals surface area contributed by atoms with Gasteiger partial charge in [-0.1, -0.05) is 97.4 Å². The highest BCUT2D eigenvalue weighted by Gasteiger charge is 2.51. The fraction of sp³-hybridized carbons (Fsp3) is 0.286. The van der Waals surface area contributed by atoms with Crippen LogP contribution in [0.2, 0.25) is 5.04 Å². The molecule has 0 amide bonds. The Labute approximate surface area is 216 Å². The number of hydrogen-bond acceptors (Lipinski definition) is 4. The van der Waals surface area contributed by atoms with Crippen molar-refractivity contribution in [2.45, 2.75) is 45.4 Å². The van der Waals surface area contributed by atoms with Crippen molar-refractivity contribution in [3.63, 3.8) is 0 Å². The zero-order valence-electron chi connectivity index (χ0n) is 20.8. The van der Waals surface area contributed by atoms with Crippen LogP contribution in [0.15, 0.2) is 83.3 Å². The highest BCUT2D eigenvalue weighted by Crippen LogP contribution is 2.37. The van der Waals surface area contributed by atoms with E-state index in [1.165, 1.54) is 17.5 Å². The normalized spacial score (nSPS) is 13.1. The lowest BCUT2D eigenvalue weighted by atomic mass is 10.2. The fourth-order valence-corrected chi connectivity index (χ4v) is 9.88. The maximum Gasteiger partial charge on any atom is 0.356 e. The molecule has 0 fully saturated rings. The SMILES string of the molecule is COC(=O)c1c2cc(Br)ccc2nn1C[C@H](C)O[Si](c1ccccc1)(c1ccccc1)C(C)(C)C. The first kappa shape index (κ1) is 25.4. The van der Waals surface area contributed by atoms with Gasteiger partial charge in [0.25, 0.3) is 8.32 Å². The summed E-state index contributed by atoms with van der Waals surface area (Å²) in [5.41, 5.74) is 1.17. The van der Waals surface area contributed by atoms with Crippen molar-refractivity contribution in [3.8, 4) is 0 Å². The van der Waals surface area contributed by atoms with Crippen LogP contribution in [0.5, 0.6) is 0 Å². The molecule has 0 saturated carbocycles. The van der Waals surface area contributed by atoms with Crippen LogP contribution in [0.4, 0.5) is 0 Å². The molecule has 0 saturated heterocycles. The molecule has 0 spiro atoms. The van der Waals surface area contributed by atoms with Gasteiger partial charge in [0.05, 0.1) is 25.3 Å². The Balaban J connectivity index is 1.80. The molecule has 0 aliphatic rings. The summed E-state index contributed by atoms with van der Waals surface area (Å²) >= 11 is 3.50. The predicted octanol–water partition coefficient (Wildman–Crippen LogP) is 5.55. The van der Waals surface area contributed by atoms with Crippen LogP contribution in [0, 0.1) is 0 Å². The number of nitrogens with zero attached hydrogens (tertiary/aromatic N) is 2. The molecule has 0 N–H and O–H groups in total. The first-order valence-electron chi connectivity index (χ1n) is 11.7. The molecule has 1 aromatic heterocycles. The molecule has 0 bridgehead atoms. The van der Waals surface area contributed by atoms with E-state index >= 15 is 0 Å². The zero-order chi connectivity index (χ0) is 25.2. The van der Waals surface area contributed by atoms with Gasteiger partial charge in [-0.05, 0) is 40.5 Å². The highest BCUT2D eigenvalue weighted by atomic mass is 79.9. The number of carbonyl (C=O) groups is 1. The second-order valence-corrected chi connectivity index (χ2v) is 14.9. The number of rotatable bonds is 7. The lowest BCUT2D eigenvalue weighted by Crippen LogP contribution is -2.67. The van der Waals surface area contributed by atoms with Gasteiger partial charge in [0.2, 0.25) is 0 Å². The predicted molar refractivity (Wildman–Crippen MR) is 147 cm³/mol. The Bertz CT molecular complexity index is 1280. The van der Waals surface area contributed by atoms with E-state index < -0.39 is 14.3 Å². The third-order valence-corrected chi connectivity index (χ3v) is 12.0. The minimum atomic E-state index is -2.73. The molecule has 0 aliphatic heterocycles. The summed E-state index contributed by atoms with van der Waals surface area (Å²) in [4.78, 5) is 12.8. The molecule has 182 valence electrons. The monoisotopic (exact) mass is 550 g/mol. The van der Waals surface area contributed by atoms with E-state index in [-0.39, 0.29) is 11.1 Å². The minimum Gasteiger partial charge on any atom is -0.464 e. The fourth-order valence-electron chi connectivity index (χ4n) is 4.82. The summed E-state index contributed by atoms with van der Waals surface area (Å²) in [5, 5.41) is 7.77. The van der Waals surface area contributed by atoms with E-state index in [9.17, 15) is 4.79 Å². The van der Waals surface area contributed by atoms with Crippen molar-refractivity contribution >= 4 is 51.5 Å². The number of hydrogen-bond donors (Lipinski definition) is 0. The Morgan fingerprint density at radius 1 is 1.00 bits per heavy atom. The van der Waals surface area contributed by atoms with Crippen molar-refractivity contribution in [1.82, 2.24) is 9.78 Å². The van der Waals surface area contributed by atoms with Gasteiger partial charge in [-0.3, -0.25) is 4.68 Å². The van der Waals surface area contributed by atoms with E-state index in [4.69, 9.17) is 14.3 Å². The van der Waals surface area contributed by atoms with E-state index in [0.717, 1.165) is 15.4 Å². The third-order valence-electron chi connectivity index (χ3n) is 6.30. The van der Waals surface area contributed by atoms with Crippen LogP contribution >= 0.6 is 15.9 Å². The van der Waals surface area contributed by atoms with Crippen molar-refractivity contribution in [2.75, 3.05) is 7.11 Å². The quantitative estimate of drug-likeness (QED) is 0.223. The first-order chi connectivity index (χ1) is 16.7. The number of halogens is 1. The largest absolute Gasteiger partial charge is 0.464 e. The Morgan fingerprint density at radius 3 is 2.09 bits per heavy atom. The molecule has 5 nitrogen and oxygen atoms in total. The summed E-state index contributed by atoms with van der Waals surface area (Å²) < 4.78 is 14.9. The molecule has 3 aromatic carbocycles. The molecule has 7 heteroatoms. The van der Waals surface area contributed by atoms with E-state index in [0.29, 0.717) is 12.2 Å². The molecule has 1 heterocycles. The number of ether oxygens (including phenoxy) is 1. The van der Waals surface area contributed by atoms with Crippen molar-refractivity contribution in [2.24, 2.45) is 0 Å². The number of fused-ring (bicyclic) bond motifs is 1. The topological polar surface area (TPSA) is 53.3 Å². The third kappa shape index (κ3) is 4.85. The lowest BCUT2D eigenvalue weighted by molar-refractivity contribution is 0.0584. The Hall–Kier alpha value is -2.74. The number of aromatic nitrogens is 2. The van der Waals surface area contributed by atoms with Crippen LogP contribution in [-0.2, 0) is 15.7 Å². The summed E-state index contributed by atoms with van der Waals surface area (Å²) in [7, 11) is -1.34. The van der Waals surface area contributed by atoms with Gasteiger partial charge in [-0.25, -0.2) is 4.79 Å². The standard InChI is InChI=1S/C28H31BrN2O3Si/c1-20(19-31-26(27(32)33-5)24-18-21(29)16-17-25(24)30-31)34-35(28(2,3)4,22-12-8-6-9-13-22)23-14-10-7-11-15-23/h6-18,20H,19H2,1-5H3/t20-/m0/s1. The van der Waals surface area contributed by atoms with E-state index in [1.54, 1.807) is 4.68 Å². The average molecular weight is 552 g/mol. The maximum absolute atomic E-state index is 12.8. The van der Waals surface area contributed by atoms with Gasteiger partial charge < -0.3 is 9.16 Å². The minimum absolute atomic E-state index is 0.144. The van der Waals surface area contributed by atoms with Gasteiger partial charge in [-0.15, -0.1) is 0 Å². The van der Waals surface area contributed by atoms with Gasteiger partial charge in [0.1, 0.15) is 0 Å². The highest BCUT2D eigenvalue weighted by molar-refractivity contribution is 9.10. The Morgan fingerprint density at radius 2 is 1.57 bits per heavy atom. The maximum atomic E-state index is 12.8. The van der Waals surface area contributed by atoms with Crippen LogP contribution < -0.4 is 10.4 Å². The van der Waals surface area contributed by atoms with Crippen LogP contribution in [0.3, 0.4) is 0 Å². The summed E-state index contributed by atoms with van der Waals surface area (Å²) in [5.74, 6) is -0.414. The van der Waals surface area contributed by atoms with E-state index in [1.807, 2.05) is 30.3 Å². The van der Waals surface area contributed by atoms with Gasteiger partial charge in [0.15, 0.2) is 5.69 Å². The summed E-state index contributed by atoms with van der Waals surface area (Å²) in [6.07, 6.45) is -0.220. The number of carbonyl (C=O) groups excluding carboxylic acids is 1. The van der Waals surface area contributed by atoms with Crippen molar-refractivity contribution < 1.29 is 14.0 Å². The number of benzene rings is 3. The second kappa shape index (κ2) is 10.1. The molecular formula is C28H31BrN2O3Si. The van der Waals surface area contributed by atoms with Crippen molar-refractivity contribution in [3.05, 3.63) is 89.0 Å². The lowest BCUT2D eigenvalue weighted by Gasteiger charge is -2.44. The van der Waals surface area contributed by atoms with Crippen molar-refractivity contribution in [1.29, 1.82) is 0 Å².